The van der Waals surface area contributed by atoms with Crippen LogP contribution in [-0.4, -0.2) is 11.7 Å². The highest BCUT2D eigenvalue weighted by Crippen LogP contribution is 2.34. The first-order chi connectivity index (χ1) is 11.6. The smallest absolute Gasteiger partial charge is 0.108 e. The number of benzene rings is 2. The molecule has 1 aliphatic rings. The maximum Gasteiger partial charge on any atom is 0.108 e. The molecule has 2 aromatic carbocycles. The molecule has 0 aliphatic heterocycles. The number of nitrogens with one attached hydrogen (secondary N) is 1. The van der Waals surface area contributed by atoms with Crippen molar-refractivity contribution in [1.82, 2.24) is 0 Å². The van der Waals surface area contributed by atoms with Crippen LogP contribution < -0.4 is 5.32 Å². The van der Waals surface area contributed by atoms with Gasteiger partial charge in [-0.1, -0.05) is 60.7 Å². The van der Waals surface area contributed by atoms with Crippen molar-refractivity contribution >= 4 is 28.9 Å². The Morgan fingerprint density at radius 1 is 1.00 bits per heavy atom. The van der Waals surface area contributed by atoms with Gasteiger partial charge in [0.1, 0.15) is 6.10 Å². The molecular formula is C20H23Cl2NO. The zero-order valence-electron chi connectivity index (χ0n) is 13.6. The van der Waals surface area contributed by atoms with E-state index in [1.807, 2.05) is 36.4 Å². The largest absolute Gasteiger partial charge is 0.384 e. The van der Waals surface area contributed by atoms with Gasteiger partial charge in [0.15, 0.2) is 0 Å². The molecule has 0 saturated heterocycles. The van der Waals surface area contributed by atoms with E-state index in [1.165, 1.54) is 32.1 Å². The van der Waals surface area contributed by atoms with Crippen molar-refractivity contribution in [2.24, 2.45) is 5.92 Å². The van der Waals surface area contributed by atoms with E-state index in [2.05, 4.69) is 5.32 Å². The second kappa shape index (κ2) is 8.24. The molecule has 3 rings (SSSR count). The molecule has 2 aromatic rings. The van der Waals surface area contributed by atoms with Crippen molar-refractivity contribution < 1.29 is 5.11 Å². The highest BCUT2D eigenvalue weighted by Gasteiger charge is 2.19. The van der Waals surface area contributed by atoms with Crippen LogP contribution in [0.4, 0.5) is 5.69 Å². The number of halogens is 2. The third-order valence-electron chi connectivity index (χ3n) is 4.81. The third-order valence-corrected chi connectivity index (χ3v) is 5.39. The average molecular weight is 364 g/mol. The van der Waals surface area contributed by atoms with E-state index >= 15 is 0 Å². The first-order valence-electron chi connectivity index (χ1n) is 8.61. The fourth-order valence-corrected chi connectivity index (χ4v) is 3.85. The standard InChI is InChI=1S/C20H23Cl2NO/c21-15-10-11-19(23-13-14-6-2-1-3-7-14)17(12-15)20(24)16-8-4-5-9-18(16)22/h4-5,8-12,14,20,23-24H,1-3,6-7,13H2. The van der Waals surface area contributed by atoms with Crippen LogP contribution in [0, 0.1) is 5.92 Å². The summed E-state index contributed by atoms with van der Waals surface area (Å²) >= 11 is 12.4. The molecule has 24 heavy (non-hydrogen) atoms. The van der Waals surface area contributed by atoms with Gasteiger partial charge in [0.05, 0.1) is 0 Å². The van der Waals surface area contributed by atoms with Crippen LogP contribution in [0.5, 0.6) is 0 Å². The van der Waals surface area contributed by atoms with E-state index < -0.39 is 6.10 Å². The number of hydrogen-bond acceptors (Lipinski definition) is 2. The van der Waals surface area contributed by atoms with Crippen LogP contribution in [-0.2, 0) is 0 Å². The van der Waals surface area contributed by atoms with Gasteiger partial charge in [-0.2, -0.15) is 0 Å². The summed E-state index contributed by atoms with van der Waals surface area (Å²) < 4.78 is 0. The molecule has 4 heteroatoms. The molecule has 2 nitrogen and oxygen atoms in total. The molecule has 1 aliphatic carbocycles. The van der Waals surface area contributed by atoms with E-state index in [0.717, 1.165) is 17.8 Å². The van der Waals surface area contributed by atoms with E-state index in [9.17, 15) is 5.11 Å². The number of aliphatic hydroxyl groups excluding tert-OH is 1. The lowest BCUT2D eigenvalue weighted by atomic mass is 9.89. The van der Waals surface area contributed by atoms with E-state index in [4.69, 9.17) is 23.2 Å². The maximum atomic E-state index is 10.8. The predicted octanol–water partition coefficient (Wildman–Crippen LogP) is 6.07. The van der Waals surface area contributed by atoms with Crippen molar-refractivity contribution in [2.45, 2.75) is 38.2 Å². The molecule has 0 heterocycles. The third kappa shape index (κ3) is 4.24. The fraction of sp³-hybridized carbons (Fsp3) is 0.400. The van der Waals surface area contributed by atoms with Crippen LogP contribution in [0.25, 0.3) is 0 Å². The minimum absolute atomic E-state index is 0.559. The van der Waals surface area contributed by atoms with Crippen molar-refractivity contribution in [2.75, 3.05) is 11.9 Å². The van der Waals surface area contributed by atoms with Gasteiger partial charge in [-0.3, -0.25) is 0 Å². The second-order valence-electron chi connectivity index (χ2n) is 6.54. The highest BCUT2D eigenvalue weighted by molar-refractivity contribution is 6.31. The normalized spacial score (nSPS) is 16.8. The SMILES string of the molecule is OC(c1ccccc1Cl)c1cc(Cl)ccc1NCC1CCCCC1. The van der Waals surface area contributed by atoms with Crippen LogP contribution in [0.1, 0.15) is 49.3 Å². The number of aliphatic hydroxyl groups is 1. The van der Waals surface area contributed by atoms with Crippen molar-refractivity contribution in [3.8, 4) is 0 Å². The van der Waals surface area contributed by atoms with Gasteiger partial charge in [0.2, 0.25) is 0 Å². The number of hydrogen-bond donors (Lipinski definition) is 2. The molecule has 0 spiro atoms. The number of anilines is 1. The minimum atomic E-state index is -0.800. The van der Waals surface area contributed by atoms with Gasteiger partial charge in [0.25, 0.3) is 0 Å². The molecule has 0 radical (unpaired) electrons. The van der Waals surface area contributed by atoms with Gasteiger partial charge in [0, 0.05) is 33.4 Å². The van der Waals surface area contributed by atoms with Crippen molar-refractivity contribution in [3.05, 3.63) is 63.6 Å². The molecule has 1 saturated carbocycles. The lowest BCUT2D eigenvalue weighted by molar-refractivity contribution is 0.221. The monoisotopic (exact) mass is 363 g/mol. The first kappa shape index (κ1) is 17.6. The van der Waals surface area contributed by atoms with Gasteiger partial charge < -0.3 is 10.4 Å². The Balaban J connectivity index is 1.81. The van der Waals surface area contributed by atoms with E-state index in [1.54, 1.807) is 6.07 Å². The molecule has 1 fully saturated rings. The topological polar surface area (TPSA) is 32.3 Å². The summed E-state index contributed by atoms with van der Waals surface area (Å²) in [7, 11) is 0. The maximum absolute atomic E-state index is 10.8. The Morgan fingerprint density at radius 3 is 2.50 bits per heavy atom. The molecule has 1 unspecified atom stereocenters. The van der Waals surface area contributed by atoms with Crippen molar-refractivity contribution in [1.29, 1.82) is 0 Å². The summed E-state index contributed by atoms with van der Waals surface area (Å²) in [4.78, 5) is 0. The molecule has 0 bridgehead atoms. The van der Waals surface area contributed by atoms with E-state index in [0.29, 0.717) is 21.5 Å². The zero-order valence-corrected chi connectivity index (χ0v) is 15.2. The Bertz CT molecular complexity index is 683. The summed E-state index contributed by atoms with van der Waals surface area (Å²) in [5.74, 6) is 0.708. The van der Waals surface area contributed by atoms with Gasteiger partial charge in [-0.25, -0.2) is 0 Å². The first-order valence-corrected chi connectivity index (χ1v) is 9.36. The molecule has 2 N–H and O–H groups in total. The molecular weight excluding hydrogens is 341 g/mol. The molecule has 128 valence electrons. The minimum Gasteiger partial charge on any atom is -0.384 e. The summed E-state index contributed by atoms with van der Waals surface area (Å²) in [6.07, 6.45) is 5.76. The zero-order chi connectivity index (χ0) is 16.9. The van der Waals surface area contributed by atoms with E-state index in [-0.39, 0.29) is 0 Å². The number of rotatable bonds is 5. The van der Waals surface area contributed by atoms with Crippen LogP contribution in [0.15, 0.2) is 42.5 Å². The summed E-state index contributed by atoms with van der Waals surface area (Å²) in [6.45, 7) is 0.934. The highest BCUT2D eigenvalue weighted by atomic mass is 35.5. The van der Waals surface area contributed by atoms with Gasteiger partial charge in [-0.15, -0.1) is 0 Å². The lowest BCUT2D eigenvalue weighted by Crippen LogP contribution is -2.18. The lowest BCUT2D eigenvalue weighted by Gasteiger charge is -2.24. The predicted molar refractivity (Wildman–Crippen MR) is 102 cm³/mol. The summed E-state index contributed by atoms with van der Waals surface area (Å²) in [6, 6.07) is 13.0. The average Bonchev–Trinajstić information content (AvgIpc) is 2.61. The molecule has 1 atom stereocenters. The van der Waals surface area contributed by atoms with Crippen molar-refractivity contribution in [3.63, 3.8) is 0 Å². The summed E-state index contributed by atoms with van der Waals surface area (Å²) in [5.41, 5.74) is 2.39. The molecule has 0 amide bonds. The Labute approximate surface area is 153 Å². The summed E-state index contributed by atoms with van der Waals surface area (Å²) in [5, 5.41) is 15.5. The second-order valence-corrected chi connectivity index (χ2v) is 7.38. The Kier molecular flexibility index (Phi) is 6.04. The molecule has 0 aromatic heterocycles. The fourth-order valence-electron chi connectivity index (χ4n) is 3.43. The van der Waals surface area contributed by atoms with Gasteiger partial charge >= 0.3 is 0 Å². The van der Waals surface area contributed by atoms with Crippen LogP contribution in [0.3, 0.4) is 0 Å². The van der Waals surface area contributed by atoms with Crippen LogP contribution in [0.2, 0.25) is 10.0 Å². The Morgan fingerprint density at radius 2 is 1.75 bits per heavy atom. The van der Waals surface area contributed by atoms with Crippen LogP contribution >= 0.6 is 23.2 Å². The quantitative estimate of drug-likeness (QED) is 0.675. The van der Waals surface area contributed by atoms with Gasteiger partial charge in [-0.05, 0) is 43.0 Å². The Hall–Kier alpha value is -1.22.